The Hall–Kier alpha value is -0.860. The monoisotopic (exact) mass is 271 g/mol. The minimum Gasteiger partial charge on any atom is -0.377 e. The van der Waals surface area contributed by atoms with Crippen LogP contribution in [0.3, 0.4) is 0 Å². The molecule has 2 N–H and O–H groups in total. The SMILES string of the molecule is NCC1(Cc2ccc3c(c2)CCC3)CCOC1C1CC1. The smallest absolute Gasteiger partial charge is 0.0675 e. The first-order valence-electron chi connectivity index (χ1n) is 8.23. The molecule has 3 aliphatic rings. The first-order valence-corrected chi connectivity index (χ1v) is 8.23. The van der Waals surface area contributed by atoms with Crippen molar-refractivity contribution >= 4 is 0 Å². The average Bonchev–Trinajstić information content (AvgIpc) is 3.05. The summed E-state index contributed by atoms with van der Waals surface area (Å²) >= 11 is 0. The van der Waals surface area contributed by atoms with E-state index in [1.807, 2.05) is 0 Å². The van der Waals surface area contributed by atoms with Crippen molar-refractivity contribution in [3.05, 3.63) is 34.9 Å². The standard InChI is InChI=1S/C18H25NO/c19-12-18(8-9-20-17(18)15-6-7-15)11-13-4-5-14-2-1-3-16(14)10-13/h4-5,10,15,17H,1-3,6-9,11-12,19H2. The molecule has 1 heterocycles. The van der Waals surface area contributed by atoms with Gasteiger partial charge in [0, 0.05) is 18.6 Å². The summed E-state index contributed by atoms with van der Waals surface area (Å²) in [5.74, 6) is 0.787. The number of aryl methyl sites for hydroxylation is 2. The van der Waals surface area contributed by atoms with Gasteiger partial charge in [-0.15, -0.1) is 0 Å². The summed E-state index contributed by atoms with van der Waals surface area (Å²) in [4.78, 5) is 0. The van der Waals surface area contributed by atoms with Crippen LogP contribution in [0.5, 0.6) is 0 Å². The lowest BCUT2D eigenvalue weighted by Crippen LogP contribution is -2.41. The van der Waals surface area contributed by atoms with Crippen molar-refractivity contribution in [2.45, 2.75) is 51.0 Å². The predicted molar refractivity (Wildman–Crippen MR) is 80.7 cm³/mol. The third-order valence-corrected chi connectivity index (χ3v) is 5.68. The molecular weight excluding hydrogens is 246 g/mol. The highest BCUT2D eigenvalue weighted by Crippen LogP contribution is 2.49. The Morgan fingerprint density at radius 3 is 2.85 bits per heavy atom. The zero-order chi connectivity index (χ0) is 13.6. The lowest BCUT2D eigenvalue weighted by atomic mass is 9.74. The predicted octanol–water partition coefficient (Wildman–Crippen LogP) is 2.86. The van der Waals surface area contributed by atoms with Gasteiger partial charge in [-0.1, -0.05) is 18.2 Å². The van der Waals surface area contributed by atoms with Crippen molar-refractivity contribution in [1.29, 1.82) is 0 Å². The Labute approximate surface area is 121 Å². The second-order valence-electron chi connectivity index (χ2n) is 7.08. The molecule has 108 valence electrons. The molecule has 0 aromatic heterocycles. The van der Waals surface area contributed by atoms with Crippen LogP contribution < -0.4 is 5.73 Å². The molecule has 2 atom stereocenters. The third-order valence-electron chi connectivity index (χ3n) is 5.68. The molecule has 0 spiro atoms. The summed E-state index contributed by atoms with van der Waals surface area (Å²) in [6.07, 6.45) is 9.22. The van der Waals surface area contributed by atoms with Crippen LogP contribution in [0.25, 0.3) is 0 Å². The minimum absolute atomic E-state index is 0.202. The van der Waals surface area contributed by atoms with Crippen LogP contribution in [-0.4, -0.2) is 19.3 Å². The van der Waals surface area contributed by atoms with Crippen molar-refractivity contribution in [3.63, 3.8) is 0 Å². The minimum atomic E-state index is 0.202. The molecule has 2 nitrogen and oxygen atoms in total. The summed E-state index contributed by atoms with van der Waals surface area (Å²) in [6, 6.07) is 7.13. The Bertz CT molecular complexity index is 508. The maximum atomic E-state index is 6.21. The first-order chi connectivity index (χ1) is 9.81. The van der Waals surface area contributed by atoms with E-state index in [1.165, 1.54) is 37.7 Å². The van der Waals surface area contributed by atoms with Crippen LogP contribution in [0.15, 0.2) is 18.2 Å². The number of rotatable bonds is 4. The van der Waals surface area contributed by atoms with Gasteiger partial charge in [-0.25, -0.2) is 0 Å². The summed E-state index contributed by atoms with van der Waals surface area (Å²) in [5, 5.41) is 0. The van der Waals surface area contributed by atoms with E-state index in [-0.39, 0.29) is 5.41 Å². The molecule has 2 heteroatoms. The molecule has 1 aromatic rings. The van der Waals surface area contributed by atoms with Crippen LogP contribution in [-0.2, 0) is 24.0 Å². The molecule has 2 unspecified atom stereocenters. The van der Waals surface area contributed by atoms with Crippen LogP contribution >= 0.6 is 0 Å². The molecule has 1 aliphatic heterocycles. The van der Waals surface area contributed by atoms with Gasteiger partial charge in [-0.05, 0) is 67.6 Å². The van der Waals surface area contributed by atoms with Gasteiger partial charge >= 0.3 is 0 Å². The second-order valence-corrected chi connectivity index (χ2v) is 7.08. The fourth-order valence-corrected chi connectivity index (χ4v) is 4.36. The highest BCUT2D eigenvalue weighted by atomic mass is 16.5. The Kier molecular flexibility index (Phi) is 3.12. The Morgan fingerprint density at radius 1 is 1.20 bits per heavy atom. The number of hydrogen-bond acceptors (Lipinski definition) is 2. The van der Waals surface area contributed by atoms with Crippen molar-refractivity contribution in [2.75, 3.05) is 13.2 Å². The second kappa shape index (κ2) is 4.85. The van der Waals surface area contributed by atoms with Gasteiger partial charge in [-0.2, -0.15) is 0 Å². The van der Waals surface area contributed by atoms with E-state index in [9.17, 15) is 0 Å². The largest absolute Gasteiger partial charge is 0.377 e. The van der Waals surface area contributed by atoms with E-state index < -0.39 is 0 Å². The lowest BCUT2D eigenvalue weighted by Gasteiger charge is -2.33. The molecule has 1 aromatic carbocycles. The average molecular weight is 271 g/mol. The van der Waals surface area contributed by atoms with E-state index in [1.54, 1.807) is 11.1 Å². The number of ether oxygens (including phenoxy) is 1. The number of hydrogen-bond donors (Lipinski definition) is 1. The number of benzene rings is 1. The van der Waals surface area contributed by atoms with Gasteiger partial charge in [0.05, 0.1) is 6.10 Å². The van der Waals surface area contributed by atoms with Crippen molar-refractivity contribution in [2.24, 2.45) is 17.1 Å². The molecule has 2 fully saturated rings. The van der Waals surface area contributed by atoms with E-state index >= 15 is 0 Å². The molecule has 1 saturated carbocycles. The summed E-state index contributed by atoms with van der Waals surface area (Å²) < 4.78 is 6.07. The zero-order valence-corrected chi connectivity index (χ0v) is 12.2. The normalized spacial score (nSPS) is 32.5. The lowest BCUT2D eigenvalue weighted by molar-refractivity contribution is 0.0345. The molecule has 20 heavy (non-hydrogen) atoms. The number of fused-ring (bicyclic) bond motifs is 1. The van der Waals surface area contributed by atoms with Crippen molar-refractivity contribution in [1.82, 2.24) is 0 Å². The quantitative estimate of drug-likeness (QED) is 0.914. The van der Waals surface area contributed by atoms with E-state index in [0.29, 0.717) is 6.10 Å². The fraction of sp³-hybridized carbons (Fsp3) is 0.667. The summed E-state index contributed by atoms with van der Waals surface area (Å²) in [7, 11) is 0. The topological polar surface area (TPSA) is 35.2 Å². The maximum Gasteiger partial charge on any atom is 0.0675 e. The molecule has 4 rings (SSSR count). The van der Waals surface area contributed by atoms with Gasteiger partial charge in [0.25, 0.3) is 0 Å². The van der Waals surface area contributed by atoms with Gasteiger partial charge < -0.3 is 10.5 Å². The summed E-state index contributed by atoms with van der Waals surface area (Å²) in [6.45, 7) is 1.68. The van der Waals surface area contributed by atoms with Gasteiger partial charge in [-0.3, -0.25) is 0 Å². The fourth-order valence-electron chi connectivity index (χ4n) is 4.36. The van der Waals surface area contributed by atoms with Crippen LogP contribution in [0.2, 0.25) is 0 Å². The van der Waals surface area contributed by atoms with Crippen molar-refractivity contribution in [3.8, 4) is 0 Å². The highest BCUT2D eigenvalue weighted by molar-refractivity contribution is 5.36. The van der Waals surface area contributed by atoms with Crippen molar-refractivity contribution < 1.29 is 4.74 Å². The van der Waals surface area contributed by atoms with E-state index in [0.717, 1.165) is 31.9 Å². The molecule has 0 bridgehead atoms. The molecule has 0 amide bonds. The highest BCUT2D eigenvalue weighted by Gasteiger charge is 2.50. The molecular formula is C18H25NO. The maximum absolute atomic E-state index is 6.21. The third kappa shape index (κ3) is 2.10. The van der Waals surface area contributed by atoms with E-state index in [2.05, 4.69) is 18.2 Å². The Morgan fingerprint density at radius 2 is 2.05 bits per heavy atom. The number of nitrogens with two attached hydrogens (primary N) is 1. The summed E-state index contributed by atoms with van der Waals surface area (Å²) in [5.41, 5.74) is 11.0. The van der Waals surface area contributed by atoms with E-state index in [4.69, 9.17) is 10.5 Å². The van der Waals surface area contributed by atoms with Crippen LogP contribution in [0, 0.1) is 11.3 Å². The first kappa shape index (κ1) is 12.8. The van der Waals surface area contributed by atoms with Gasteiger partial charge in [0.15, 0.2) is 0 Å². The zero-order valence-electron chi connectivity index (χ0n) is 12.2. The Balaban J connectivity index is 1.59. The van der Waals surface area contributed by atoms with Crippen LogP contribution in [0.1, 0.15) is 42.4 Å². The molecule has 2 aliphatic carbocycles. The molecule has 1 saturated heterocycles. The van der Waals surface area contributed by atoms with Gasteiger partial charge in [0.1, 0.15) is 0 Å². The van der Waals surface area contributed by atoms with Crippen LogP contribution in [0.4, 0.5) is 0 Å². The van der Waals surface area contributed by atoms with Gasteiger partial charge in [0.2, 0.25) is 0 Å². The molecule has 0 radical (unpaired) electrons.